The summed E-state index contributed by atoms with van der Waals surface area (Å²) in [6, 6.07) is 3.35. The van der Waals surface area contributed by atoms with Crippen LogP contribution in [0.4, 0.5) is 8.78 Å². The van der Waals surface area contributed by atoms with E-state index in [1.54, 1.807) is 12.1 Å². The molecule has 0 saturated carbocycles. The normalized spacial score (nSPS) is 10.5. The minimum absolute atomic E-state index is 0.179. The Morgan fingerprint density at radius 1 is 1.54 bits per heavy atom. The van der Waals surface area contributed by atoms with Gasteiger partial charge in [0.2, 0.25) is 5.88 Å². The van der Waals surface area contributed by atoms with Crippen molar-refractivity contribution in [3.05, 3.63) is 23.9 Å². The van der Waals surface area contributed by atoms with Crippen LogP contribution in [0.1, 0.15) is 5.56 Å². The molecular formula is C8H8ClF2NO. The number of halogens is 3. The molecule has 0 saturated heterocycles. The van der Waals surface area contributed by atoms with Crippen molar-refractivity contribution in [2.75, 3.05) is 6.61 Å². The zero-order valence-electron chi connectivity index (χ0n) is 6.71. The van der Waals surface area contributed by atoms with Gasteiger partial charge in [0.1, 0.15) is 0 Å². The number of hydrogen-bond acceptors (Lipinski definition) is 2. The highest BCUT2D eigenvalue weighted by Gasteiger charge is 2.07. The van der Waals surface area contributed by atoms with Gasteiger partial charge in [-0.25, -0.2) is 13.8 Å². The third-order valence-corrected chi connectivity index (χ3v) is 1.63. The lowest BCUT2D eigenvalue weighted by atomic mass is 10.3. The van der Waals surface area contributed by atoms with Gasteiger partial charge in [0.15, 0.2) is 6.61 Å². The molecule has 0 radical (unpaired) electrons. The van der Waals surface area contributed by atoms with Crippen LogP contribution in [0.5, 0.6) is 5.88 Å². The van der Waals surface area contributed by atoms with Crippen molar-refractivity contribution in [1.82, 2.24) is 4.98 Å². The van der Waals surface area contributed by atoms with Gasteiger partial charge in [-0.1, -0.05) is 6.07 Å². The molecule has 0 fully saturated rings. The fraction of sp³-hybridized carbons (Fsp3) is 0.375. The highest BCUT2D eigenvalue weighted by Crippen LogP contribution is 2.16. The van der Waals surface area contributed by atoms with E-state index in [0.717, 1.165) is 0 Å². The number of alkyl halides is 3. The number of hydrogen-bond donors (Lipinski definition) is 0. The molecule has 1 aromatic rings. The summed E-state index contributed by atoms with van der Waals surface area (Å²) in [5, 5.41) is 0. The molecule has 0 N–H and O–H groups in total. The SMILES string of the molecule is FC(F)COc1ncccc1CCl. The molecule has 0 aromatic carbocycles. The first-order valence-corrected chi connectivity index (χ1v) is 4.18. The maximum atomic E-state index is 11.8. The number of aromatic nitrogens is 1. The first kappa shape index (κ1) is 10.2. The van der Waals surface area contributed by atoms with E-state index in [1.165, 1.54) is 6.20 Å². The summed E-state index contributed by atoms with van der Waals surface area (Å²) in [7, 11) is 0. The summed E-state index contributed by atoms with van der Waals surface area (Å²) < 4.78 is 28.3. The van der Waals surface area contributed by atoms with Crippen LogP contribution in [0, 0.1) is 0 Å². The van der Waals surface area contributed by atoms with Gasteiger partial charge < -0.3 is 4.74 Å². The molecule has 1 aromatic heterocycles. The summed E-state index contributed by atoms with van der Waals surface area (Å²) >= 11 is 5.54. The van der Waals surface area contributed by atoms with Crippen LogP contribution in [0.2, 0.25) is 0 Å². The third kappa shape index (κ3) is 3.14. The van der Waals surface area contributed by atoms with E-state index < -0.39 is 13.0 Å². The summed E-state index contributed by atoms with van der Waals surface area (Å²) in [4.78, 5) is 3.78. The molecule has 5 heteroatoms. The average Bonchev–Trinajstić information content (AvgIpc) is 2.15. The van der Waals surface area contributed by atoms with Crippen molar-refractivity contribution in [2.24, 2.45) is 0 Å². The van der Waals surface area contributed by atoms with Gasteiger partial charge in [-0.05, 0) is 6.07 Å². The molecule has 1 heterocycles. The summed E-state index contributed by atoms with van der Waals surface area (Å²) in [6.07, 6.45) is -1.03. The largest absolute Gasteiger partial charge is 0.471 e. The second-order valence-electron chi connectivity index (χ2n) is 2.30. The molecule has 0 aliphatic rings. The van der Waals surface area contributed by atoms with Gasteiger partial charge >= 0.3 is 0 Å². The van der Waals surface area contributed by atoms with E-state index in [1.807, 2.05) is 0 Å². The zero-order chi connectivity index (χ0) is 9.68. The van der Waals surface area contributed by atoms with Crippen molar-refractivity contribution in [1.29, 1.82) is 0 Å². The van der Waals surface area contributed by atoms with E-state index in [9.17, 15) is 8.78 Å². The highest BCUT2D eigenvalue weighted by molar-refractivity contribution is 6.17. The Bertz CT molecular complexity index is 270. The maximum Gasteiger partial charge on any atom is 0.272 e. The fourth-order valence-electron chi connectivity index (χ4n) is 0.798. The van der Waals surface area contributed by atoms with Crippen LogP contribution in [0.3, 0.4) is 0 Å². The Morgan fingerprint density at radius 3 is 2.92 bits per heavy atom. The summed E-state index contributed by atoms with van der Waals surface area (Å²) in [6.45, 7) is -0.652. The fourth-order valence-corrected chi connectivity index (χ4v) is 1.00. The minimum atomic E-state index is -2.50. The Hall–Kier alpha value is -0.900. The Labute approximate surface area is 79.5 Å². The molecule has 0 aliphatic carbocycles. The Balaban J connectivity index is 2.64. The van der Waals surface area contributed by atoms with Crippen molar-refractivity contribution in [3.63, 3.8) is 0 Å². The van der Waals surface area contributed by atoms with Crippen molar-refractivity contribution >= 4 is 11.6 Å². The lowest BCUT2D eigenvalue weighted by Gasteiger charge is -2.06. The molecule has 0 bridgehead atoms. The smallest absolute Gasteiger partial charge is 0.272 e. The lowest BCUT2D eigenvalue weighted by molar-refractivity contribution is 0.0792. The molecule has 1 rings (SSSR count). The van der Waals surface area contributed by atoms with Crippen molar-refractivity contribution < 1.29 is 13.5 Å². The Kier molecular flexibility index (Phi) is 3.89. The maximum absolute atomic E-state index is 11.8. The minimum Gasteiger partial charge on any atom is -0.471 e. The molecule has 13 heavy (non-hydrogen) atoms. The molecule has 2 nitrogen and oxygen atoms in total. The molecule has 72 valence electrons. The van der Waals surface area contributed by atoms with E-state index >= 15 is 0 Å². The second kappa shape index (κ2) is 4.97. The molecule has 0 unspecified atom stereocenters. The quantitative estimate of drug-likeness (QED) is 0.708. The predicted molar refractivity (Wildman–Crippen MR) is 45.3 cm³/mol. The molecule has 0 atom stereocenters. The summed E-state index contributed by atoms with van der Waals surface area (Å²) in [5.41, 5.74) is 0.616. The van der Waals surface area contributed by atoms with E-state index in [4.69, 9.17) is 16.3 Å². The van der Waals surface area contributed by atoms with Gasteiger partial charge in [-0.2, -0.15) is 0 Å². The first-order chi connectivity index (χ1) is 6.24. The van der Waals surface area contributed by atoms with Crippen molar-refractivity contribution in [3.8, 4) is 5.88 Å². The van der Waals surface area contributed by atoms with Crippen molar-refractivity contribution in [2.45, 2.75) is 12.3 Å². The Morgan fingerprint density at radius 2 is 2.31 bits per heavy atom. The number of rotatable bonds is 4. The van der Waals surface area contributed by atoms with Gasteiger partial charge in [0.05, 0.1) is 5.88 Å². The predicted octanol–water partition coefficient (Wildman–Crippen LogP) is 2.46. The third-order valence-electron chi connectivity index (χ3n) is 1.34. The van der Waals surface area contributed by atoms with Crippen LogP contribution in [-0.4, -0.2) is 18.0 Å². The van der Waals surface area contributed by atoms with E-state index in [-0.39, 0.29) is 11.8 Å². The van der Waals surface area contributed by atoms with Crippen LogP contribution in [-0.2, 0) is 5.88 Å². The van der Waals surface area contributed by atoms with Crippen LogP contribution in [0.15, 0.2) is 18.3 Å². The van der Waals surface area contributed by atoms with Crippen LogP contribution >= 0.6 is 11.6 Å². The van der Waals surface area contributed by atoms with Crippen LogP contribution < -0.4 is 4.74 Å². The molecule has 0 spiro atoms. The highest BCUT2D eigenvalue weighted by atomic mass is 35.5. The standard InChI is InChI=1S/C8H8ClF2NO/c9-4-6-2-1-3-12-8(6)13-5-7(10)11/h1-3,7H,4-5H2. The van der Waals surface area contributed by atoms with Gasteiger partial charge in [0.25, 0.3) is 6.43 Å². The van der Waals surface area contributed by atoms with Gasteiger partial charge in [0, 0.05) is 11.8 Å². The summed E-state index contributed by atoms with van der Waals surface area (Å²) in [5.74, 6) is 0.379. The monoisotopic (exact) mass is 207 g/mol. The number of pyridine rings is 1. The first-order valence-electron chi connectivity index (χ1n) is 3.65. The average molecular weight is 208 g/mol. The zero-order valence-corrected chi connectivity index (χ0v) is 7.47. The topological polar surface area (TPSA) is 22.1 Å². The van der Waals surface area contributed by atoms with Gasteiger partial charge in [-0.3, -0.25) is 0 Å². The molecule has 0 aliphatic heterocycles. The lowest BCUT2D eigenvalue weighted by Crippen LogP contribution is -2.09. The molecule has 0 amide bonds. The van der Waals surface area contributed by atoms with E-state index in [2.05, 4.69) is 4.98 Å². The van der Waals surface area contributed by atoms with Crippen LogP contribution in [0.25, 0.3) is 0 Å². The van der Waals surface area contributed by atoms with Gasteiger partial charge in [-0.15, -0.1) is 11.6 Å². The molecular weight excluding hydrogens is 200 g/mol. The van der Waals surface area contributed by atoms with E-state index in [0.29, 0.717) is 5.56 Å². The second-order valence-corrected chi connectivity index (χ2v) is 2.57. The number of nitrogens with zero attached hydrogens (tertiary/aromatic N) is 1. The number of ether oxygens (including phenoxy) is 1.